The second-order valence-corrected chi connectivity index (χ2v) is 7.88. The molecule has 1 saturated heterocycles. The lowest BCUT2D eigenvalue weighted by molar-refractivity contribution is -0.128. The first kappa shape index (κ1) is 20.8. The van der Waals surface area contributed by atoms with Crippen molar-refractivity contribution >= 4 is 45.9 Å². The first-order valence-electron chi connectivity index (χ1n) is 9.50. The third-order valence-electron chi connectivity index (χ3n) is 4.39. The van der Waals surface area contributed by atoms with Gasteiger partial charge in [-0.1, -0.05) is 36.9 Å². The van der Waals surface area contributed by atoms with Crippen molar-refractivity contribution in [2.75, 3.05) is 11.9 Å². The molecule has 2 aromatic carbocycles. The Kier molecular flexibility index (Phi) is 6.82. The highest BCUT2D eigenvalue weighted by Gasteiger charge is 2.38. The number of carbonyl (C=O) groups is 3. The third-order valence-corrected chi connectivity index (χ3v) is 5.57. The highest BCUT2D eigenvalue weighted by Crippen LogP contribution is 2.32. The minimum Gasteiger partial charge on any atom is -0.326 e. The van der Waals surface area contributed by atoms with Gasteiger partial charge in [-0.25, -0.2) is 4.99 Å². The van der Waals surface area contributed by atoms with E-state index in [1.54, 1.807) is 29.2 Å². The SMILES string of the molecule is CCCN1C(=O)C(CC(=O)Nc2ccc(C(C)=O)cc2)SC1=Nc1ccccc1. The van der Waals surface area contributed by atoms with E-state index in [0.717, 1.165) is 12.1 Å². The summed E-state index contributed by atoms with van der Waals surface area (Å²) in [5.41, 5.74) is 1.96. The average molecular weight is 410 g/mol. The molecule has 0 aromatic heterocycles. The standard InChI is InChI=1S/C22H23N3O3S/c1-3-13-25-21(28)19(29-22(25)24-17-7-5-4-6-8-17)14-20(27)23-18-11-9-16(10-12-18)15(2)26/h4-12,19H,3,13-14H2,1-2H3,(H,23,27). The van der Waals surface area contributed by atoms with E-state index in [1.807, 2.05) is 37.3 Å². The zero-order chi connectivity index (χ0) is 20.8. The lowest BCUT2D eigenvalue weighted by Gasteiger charge is -2.15. The van der Waals surface area contributed by atoms with E-state index >= 15 is 0 Å². The van der Waals surface area contributed by atoms with Gasteiger partial charge in [0.15, 0.2) is 11.0 Å². The lowest BCUT2D eigenvalue weighted by atomic mass is 10.1. The minimum absolute atomic E-state index is 0.0305. The molecular formula is C22H23N3O3S. The summed E-state index contributed by atoms with van der Waals surface area (Å²) in [5, 5.41) is 2.92. The summed E-state index contributed by atoms with van der Waals surface area (Å²) < 4.78 is 0. The zero-order valence-electron chi connectivity index (χ0n) is 16.4. The van der Waals surface area contributed by atoms with Gasteiger partial charge in [0.05, 0.1) is 5.69 Å². The first-order chi connectivity index (χ1) is 14.0. The highest BCUT2D eigenvalue weighted by atomic mass is 32.2. The number of ketones is 1. The van der Waals surface area contributed by atoms with Crippen LogP contribution in [0.15, 0.2) is 59.6 Å². The number of benzene rings is 2. The number of Topliss-reactive ketones (excluding diaryl/α,β-unsaturated/α-hetero) is 1. The van der Waals surface area contributed by atoms with Gasteiger partial charge < -0.3 is 5.32 Å². The third kappa shape index (κ3) is 5.32. The average Bonchev–Trinajstić information content (AvgIpc) is 2.98. The van der Waals surface area contributed by atoms with Crippen molar-refractivity contribution in [1.82, 2.24) is 4.90 Å². The van der Waals surface area contributed by atoms with Crippen LogP contribution in [0.3, 0.4) is 0 Å². The number of para-hydroxylation sites is 1. The molecule has 0 spiro atoms. The van der Waals surface area contributed by atoms with Crippen LogP contribution in [-0.2, 0) is 9.59 Å². The van der Waals surface area contributed by atoms with Crippen LogP contribution in [0.5, 0.6) is 0 Å². The van der Waals surface area contributed by atoms with Crippen molar-refractivity contribution in [3.63, 3.8) is 0 Å². The molecule has 7 heteroatoms. The van der Waals surface area contributed by atoms with Gasteiger partial charge in [0.1, 0.15) is 5.25 Å². The quantitative estimate of drug-likeness (QED) is 0.693. The summed E-state index contributed by atoms with van der Waals surface area (Å²) >= 11 is 1.33. The van der Waals surface area contributed by atoms with Gasteiger partial charge in [0.2, 0.25) is 11.8 Å². The van der Waals surface area contributed by atoms with Gasteiger partial charge in [-0.15, -0.1) is 0 Å². The van der Waals surface area contributed by atoms with Gasteiger partial charge >= 0.3 is 0 Å². The lowest BCUT2D eigenvalue weighted by Crippen LogP contribution is -2.34. The molecule has 6 nitrogen and oxygen atoms in total. The van der Waals surface area contributed by atoms with Crippen molar-refractivity contribution in [2.45, 2.75) is 31.9 Å². The molecule has 1 fully saturated rings. The molecule has 2 amide bonds. The normalized spacial score (nSPS) is 17.6. The topological polar surface area (TPSA) is 78.8 Å². The largest absolute Gasteiger partial charge is 0.326 e. The van der Waals surface area contributed by atoms with E-state index in [9.17, 15) is 14.4 Å². The van der Waals surface area contributed by atoms with Gasteiger partial charge in [0.25, 0.3) is 0 Å². The molecule has 1 aliphatic heterocycles. The summed E-state index contributed by atoms with van der Waals surface area (Å²) in [7, 11) is 0. The second kappa shape index (κ2) is 9.52. The molecular weight excluding hydrogens is 386 g/mol. The Morgan fingerprint density at radius 1 is 1.10 bits per heavy atom. The van der Waals surface area contributed by atoms with E-state index in [-0.39, 0.29) is 24.0 Å². The van der Waals surface area contributed by atoms with Gasteiger partial charge in [0, 0.05) is 24.2 Å². The monoisotopic (exact) mass is 409 g/mol. The Morgan fingerprint density at radius 3 is 2.41 bits per heavy atom. The van der Waals surface area contributed by atoms with Gasteiger partial charge in [-0.2, -0.15) is 0 Å². The fourth-order valence-electron chi connectivity index (χ4n) is 2.94. The van der Waals surface area contributed by atoms with Crippen LogP contribution in [0, 0.1) is 0 Å². The molecule has 0 aliphatic carbocycles. The summed E-state index contributed by atoms with van der Waals surface area (Å²) in [6.45, 7) is 4.07. The van der Waals surface area contributed by atoms with Crippen LogP contribution in [0.4, 0.5) is 11.4 Å². The number of amidine groups is 1. The zero-order valence-corrected chi connectivity index (χ0v) is 17.2. The van der Waals surface area contributed by atoms with E-state index in [2.05, 4.69) is 10.3 Å². The van der Waals surface area contributed by atoms with E-state index < -0.39 is 5.25 Å². The Labute approximate surface area is 174 Å². The van der Waals surface area contributed by atoms with Gasteiger partial charge in [-0.05, 0) is 49.7 Å². The Balaban J connectivity index is 1.68. The summed E-state index contributed by atoms with van der Waals surface area (Å²) in [5.74, 6) is -0.366. The summed E-state index contributed by atoms with van der Waals surface area (Å²) in [6.07, 6.45) is 0.869. The smallest absolute Gasteiger partial charge is 0.242 e. The molecule has 2 aromatic rings. The van der Waals surface area contributed by atoms with Crippen LogP contribution >= 0.6 is 11.8 Å². The Bertz CT molecular complexity index is 926. The maximum atomic E-state index is 12.8. The molecule has 1 atom stereocenters. The molecule has 150 valence electrons. The number of amides is 2. The van der Waals surface area contributed by atoms with Crippen molar-refractivity contribution < 1.29 is 14.4 Å². The van der Waals surface area contributed by atoms with Crippen LogP contribution in [-0.4, -0.2) is 39.5 Å². The molecule has 3 rings (SSSR count). The van der Waals surface area contributed by atoms with E-state index in [1.165, 1.54) is 18.7 Å². The van der Waals surface area contributed by atoms with Gasteiger partial charge in [-0.3, -0.25) is 19.3 Å². The number of thioether (sulfide) groups is 1. The number of rotatable bonds is 7. The molecule has 1 unspecified atom stereocenters. The summed E-state index contributed by atoms with van der Waals surface area (Å²) in [6, 6.07) is 16.2. The van der Waals surface area contributed by atoms with Crippen LogP contribution < -0.4 is 5.32 Å². The molecule has 0 radical (unpaired) electrons. The maximum Gasteiger partial charge on any atom is 0.242 e. The highest BCUT2D eigenvalue weighted by molar-refractivity contribution is 8.15. The predicted molar refractivity (Wildman–Crippen MR) is 117 cm³/mol. The van der Waals surface area contributed by atoms with E-state index in [4.69, 9.17) is 0 Å². The number of hydrogen-bond acceptors (Lipinski definition) is 5. The maximum absolute atomic E-state index is 12.8. The number of carbonyl (C=O) groups excluding carboxylic acids is 3. The molecule has 1 aliphatic rings. The van der Waals surface area contributed by atoms with Crippen molar-refractivity contribution in [2.24, 2.45) is 4.99 Å². The van der Waals surface area contributed by atoms with Crippen molar-refractivity contribution in [3.05, 3.63) is 60.2 Å². The Hall–Kier alpha value is -2.93. The number of nitrogens with zero attached hydrogens (tertiary/aromatic N) is 2. The molecule has 29 heavy (non-hydrogen) atoms. The number of aliphatic imine (C=N–C) groups is 1. The minimum atomic E-state index is -0.500. The Morgan fingerprint density at radius 2 is 1.79 bits per heavy atom. The first-order valence-corrected chi connectivity index (χ1v) is 10.4. The number of hydrogen-bond donors (Lipinski definition) is 1. The molecule has 0 saturated carbocycles. The fraction of sp³-hybridized carbons (Fsp3) is 0.273. The van der Waals surface area contributed by atoms with Crippen molar-refractivity contribution in [1.29, 1.82) is 0 Å². The molecule has 0 bridgehead atoms. The van der Waals surface area contributed by atoms with E-state index in [0.29, 0.717) is 23.0 Å². The van der Waals surface area contributed by atoms with Crippen LogP contribution in [0.1, 0.15) is 37.0 Å². The molecule has 1 N–H and O–H groups in total. The second-order valence-electron chi connectivity index (χ2n) is 6.71. The summed E-state index contributed by atoms with van der Waals surface area (Å²) in [4.78, 5) is 42.9. The fourth-order valence-corrected chi connectivity index (χ4v) is 4.12. The predicted octanol–water partition coefficient (Wildman–Crippen LogP) is 4.26. The number of anilines is 1. The number of nitrogens with one attached hydrogen (secondary N) is 1. The van der Waals surface area contributed by atoms with Crippen LogP contribution in [0.25, 0.3) is 0 Å². The molecule has 1 heterocycles. The van der Waals surface area contributed by atoms with Crippen molar-refractivity contribution in [3.8, 4) is 0 Å². The van der Waals surface area contributed by atoms with Crippen LogP contribution in [0.2, 0.25) is 0 Å².